The highest BCUT2D eigenvalue weighted by Crippen LogP contribution is 2.58. The van der Waals surface area contributed by atoms with E-state index >= 15 is 0 Å². The quantitative estimate of drug-likeness (QED) is 0.527. The van der Waals surface area contributed by atoms with E-state index < -0.39 is 27.9 Å². The molecule has 0 aliphatic carbocycles. The predicted molar refractivity (Wildman–Crippen MR) is 116 cm³/mol. The molecule has 0 saturated carbocycles. The van der Waals surface area contributed by atoms with Crippen LogP contribution in [0.1, 0.15) is 69.2 Å². The Labute approximate surface area is 156 Å². The second-order valence-electron chi connectivity index (χ2n) is 10.3. The molecule has 6 heteroatoms. The molecule has 0 N–H and O–H groups in total. The van der Waals surface area contributed by atoms with E-state index in [0.29, 0.717) is 0 Å². The Morgan fingerprint density at radius 2 is 0.958 bits per heavy atom. The van der Waals surface area contributed by atoms with Crippen molar-refractivity contribution >= 4 is 27.9 Å². The molecule has 0 aliphatic rings. The molecular weight excluding hydrogens is 339 g/mol. The van der Waals surface area contributed by atoms with Crippen molar-refractivity contribution in [3.8, 4) is 0 Å². The average Bonchev–Trinajstić information content (AvgIpc) is 2.22. The van der Waals surface area contributed by atoms with Crippen molar-refractivity contribution in [3.63, 3.8) is 0 Å². The van der Waals surface area contributed by atoms with E-state index in [1.165, 1.54) is 0 Å². The second kappa shape index (κ2) is 7.71. The Morgan fingerprint density at radius 3 is 1.17 bits per heavy atom. The van der Waals surface area contributed by atoms with Gasteiger partial charge in [0.1, 0.15) is 0 Å². The van der Waals surface area contributed by atoms with Gasteiger partial charge in [-0.1, -0.05) is 62.3 Å². The number of rotatable bonds is 6. The van der Waals surface area contributed by atoms with Crippen molar-refractivity contribution in [2.75, 3.05) is 25.0 Å². The van der Waals surface area contributed by atoms with Crippen LogP contribution in [0.15, 0.2) is 0 Å². The van der Waals surface area contributed by atoms with Gasteiger partial charge in [0, 0.05) is 15.6 Å². The van der Waals surface area contributed by atoms with Gasteiger partial charge in [-0.25, -0.2) is 0 Å². The lowest BCUT2D eigenvalue weighted by atomic mass is 9.89. The molecule has 0 spiro atoms. The zero-order chi connectivity index (χ0) is 19.8. The minimum Gasteiger partial charge on any atom is -0.382 e. The van der Waals surface area contributed by atoms with E-state index in [0.717, 1.165) is 0 Å². The maximum absolute atomic E-state index is 6.46. The van der Waals surface area contributed by atoms with E-state index in [4.69, 9.17) is 12.9 Å². The SMILES string of the molecule is CC(OB(OS(C)(C)C(C)(C)C)OS(C)(C)C(C)(C)C)C(C)(C)C. The Kier molecular flexibility index (Phi) is 7.92. The molecule has 0 aromatic heterocycles. The average molecular weight is 382 g/mol. The highest BCUT2D eigenvalue weighted by atomic mass is 32.3. The molecule has 0 fully saturated rings. The molecule has 3 nitrogen and oxygen atoms in total. The molecule has 0 aliphatic heterocycles. The smallest absolute Gasteiger partial charge is 0.382 e. The maximum Gasteiger partial charge on any atom is 0.660 e. The second-order valence-corrected chi connectivity index (χ2v) is 18.1. The van der Waals surface area contributed by atoms with E-state index in [9.17, 15) is 0 Å². The van der Waals surface area contributed by atoms with Crippen LogP contribution in [0.2, 0.25) is 0 Å². The van der Waals surface area contributed by atoms with Crippen LogP contribution < -0.4 is 0 Å². The van der Waals surface area contributed by atoms with Gasteiger partial charge in [-0.3, -0.25) is 0 Å². The fourth-order valence-electron chi connectivity index (χ4n) is 1.11. The minimum absolute atomic E-state index is 0.0350. The van der Waals surface area contributed by atoms with E-state index in [2.05, 4.69) is 94.3 Å². The molecule has 24 heavy (non-hydrogen) atoms. The monoisotopic (exact) mass is 382 g/mol. The summed E-state index contributed by atoms with van der Waals surface area (Å²) in [5.41, 5.74) is 0.0351. The van der Waals surface area contributed by atoms with Crippen LogP contribution in [0, 0.1) is 5.41 Å². The van der Waals surface area contributed by atoms with Crippen LogP contribution in [0.5, 0.6) is 0 Å². The third-order valence-electron chi connectivity index (χ3n) is 5.12. The standard InChI is InChI=1S/C18H43BO3S2/c1-15(16(2,3)4)20-19(21-23(11,12)17(5,6)7)22-24(13,14)18(8,9)10/h15H,1-14H3. The minimum atomic E-state index is -1.34. The summed E-state index contributed by atoms with van der Waals surface area (Å²) < 4.78 is 19.3. The van der Waals surface area contributed by atoms with Crippen molar-refractivity contribution in [1.82, 2.24) is 0 Å². The summed E-state index contributed by atoms with van der Waals surface area (Å²) in [4.78, 5) is 0. The lowest BCUT2D eigenvalue weighted by Crippen LogP contribution is -2.42. The number of hydrogen-bond donors (Lipinski definition) is 0. The Hall–Kier alpha value is 0.645. The summed E-state index contributed by atoms with van der Waals surface area (Å²) in [5.74, 6) is 0. The maximum atomic E-state index is 6.46. The number of hydrogen-bond acceptors (Lipinski definition) is 3. The van der Waals surface area contributed by atoms with Crippen LogP contribution in [0.4, 0.5) is 0 Å². The van der Waals surface area contributed by atoms with Crippen molar-refractivity contribution in [1.29, 1.82) is 0 Å². The van der Waals surface area contributed by atoms with Crippen molar-refractivity contribution in [3.05, 3.63) is 0 Å². The summed E-state index contributed by atoms with van der Waals surface area (Å²) in [6.07, 6.45) is 8.79. The van der Waals surface area contributed by atoms with Crippen molar-refractivity contribution < 1.29 is 12.9 Å². The summed E-state index contributed by atoms with van der Waals surface area (Å²) in [5, 5.41) is 0. The molecule has 0 aromatic rings. The van der Waals surface area contributed by atoms with Gasteiger partial charge in [-0.2, -0.15) is 0 Å². The predicted octanol–water partition coefficient (Wildman–Crippen LogP) is 6.01. The first-order valence-electron chi connectivity index (χ1n) is 8.68. The molecule has 0 aromatic carbocycles. The van der Waals surface area contributed by atoms with Crippen LogP contribution in [0.25, 0.3) is 0 Å². The van der Waals surface area contributed by atoms with Crippen molar-refractivity contribution in [2.45, 2.75) is 84.8 Å². The molecule has 1 atom stereocenters. The molecule has 0 saturated heterocycles. The van der Waals surface area contributed by atoms with E-state index in [1.54, 1.807) is 0 Å². The van der Waals surface area contributed by atoms with Crippen LogP contribution >= 0.6 is 20.6 Å². The highest BCUT2D eigenvalue weighted by molar-refractivity contribution is 8.31. The first-order valence-corrected chi connectivity index (χ1v) is 13.4. The van der Waals surface area contributed by atoms with Crippen LogP contribution in [-0.4, -0.2) is 47.9 Å². The largest absolute Gasteiger partial charge is 0.660 e. The highest BCUT2D eigenvalue weighted by Gasteiger charge is 2.43. The zero-order valence-corrected chi connectivity index (χ0v) is 20.3. The lowest BCUT2D eigenvalue weighted by Gasteiger charge is -2.49. The summed E-state index contributed by atoms with van der Waals surface area (Å²) in [6, 6.07) is 0. The van der Waals surface area contributed by atoms with Gasteiger partial charge in [-0.05, 0) is 37.4 Å². The topological polar surface area (TPSA) is 27.7 Å². The molecule has 0 amide bonds. The first-order chi connectivity index (χ1) is 10.2. The van der Waals surface area contributed by atoms with Crippen LogP contribution in [0.3, 0.4) is 0 Å². The van der Waals surface area contributed by atoms with Gasteiger partial charge in [0.15, 0.2) is 0 Å². The summed E-state index contributed by atoms with van der Waals surface area (Å²) >= 11 is 0. The molecule has 148 valence electrons. The molecule has 0 heterocycles. The Balaban J connectivity index is 5.47. The van der Waals surface area contributed by atoms with Gasteiger partial charge >= 0.3 is 7.32 Å². The molecule has 0 bridgehead atoms. The lowest BCUT2D eigenvalue weighted by molar-refractivity contribution is 0.0643. The fourth-order valence-corrected chi connectivity index (χ4v) is 2.70. The Morgan fingerprint density at radius 1 is 0.667 bits per heavy atom. The normalized spacial score (nSPS) is 17.6. The van der Waals surface area contributed by atoms with Gasteiger partial charge in [0.25, 0.3) is 0 Å². The third kappa shape index (κ3) is 7.10. The van der Waals surface area contributed by atoms with Gasteiger partial charge in [-0.15, -0.1) is 20.6 Å². The summed E-state index contributed by atoms with van der Waals surface area (Å²) in [6.45, 7) is 21.9. The molecule has 1 unspecified atom stereocenters. The zero-order valence-electron chi connectivity index (χ0n) is 18.7. The third-order valence-corrected chi connectivity index (χ3v) is 12.3. The molecular formula is C18H43BO3S2. The fraction of sp³-hybridized carbons (Fsp3) is 1.00. The van der Waals surface area contributed by atoms with Crippen molar-refractivity contribution in [2.24, 2.45) is 5.41 Å². The summed E-state index contributed by atoms with van der Waals surface area (Å²) in [7, 11) is -3.32. The molecule has 0 radical (unpaired) electrons. The van der Waals surface area contributed by atoms with Gasteiger partial charge < -0.3 is 12.9 Å². The Bertz CT molecular complexity index is 376. The van der Waals surface area contributed by atoms with Gasteiger partial charge in [0.2, 0.25) is 0 Å². The first kappa shape index (κ1) is 24.6. The van der Waals surface area contributed by atoms with Gasteiger partial charge in [0.05, 0.1) is 0 Å². The van der Waals surface area contributed by atoms with Crippen LogP contribution in [-0.2, 0) is 12.9 Å². The molecule has 0 rings (SSSR count). The van der Waals surface area contributed by atoms with E-state index in [-0.39, 0.29) is 21.0 Å². The van der Waals surface area contributed by atoms with E-state index in [1.807, 2.05) is 0 Å².